The van der Waals surface area contributed by atoms with Crippen LogP contribution in [-0.4, -0.2) is 65.8 Å². The topological polar surface area (TPSA) is 88.5 Å². The molecule has 1 aromatic rings. The number of rotatable bonds is 3. The van der Waals surface area contributed by atoms with Gasteiger partial charge in [-0.25, -0.2) is 0 Å². The molecule has 0 aliphatic carbocycles. The molecule has 0 bridgehead atoms. The molecule has 3 atom stereocenters. The molecule has 0 radical (unpaired) electrons. The number of amides is 1. The molecule has 1 saturated heterocycles. The number of carbonyl (C=O) groups is 1. The first-order valence-corrected chi connectivity index (χ1v) is 7.26. The van der Waals surface area contributed by atoms with Crippen molar-refractivity contribution in [2.24, 2.45) is 0 Å². The number of ether oxygens (including phenoxy) is 3. The second-order valence-electron chi connectivity index (χ2n) is 5.32. The largest absolute Gasteiger partial charge is 0.454 e. The van der Waals surface area contributed by atoms with Crippen LogP contribution in [0.5, 0.6) is 11.5 Å². The molecule has 1 fully saturated rings. The number of hydrogen-bond donors (Lipinski definition) is 2. The highest BCUT2D eigenvalue weighted by Gasteiger charge is 2.37. The van der Waals surface area contributed by atoms with Gasteiger partial charge in [0.15, 0.2) is 11.5 Å². The molecule has 1 amide bonds. The van der Waals surface area contributed by atoms with E-state index in [9.17, 15) is 15.0 Å². The van der Waals surface area contributed by atoms with E-state index in [-0.39, 0.29) is 25.9 Å². The zero-order chi connectivity index (χ0) is 15.7. The van der Waals surface area contributed by atoms with Crippen molar-refractivity contribution >= 4 is 5.91 Å². The van der Waals surface area contributed by atoms with Gasteiger partial charge < -0.3 is 29.3 Å². The lowest BCUT2D eigenvalue weighted by atomic mass is 10.0. The fourth-order valence-corrected chi connectivity index (χ4v) is 2.76. The quantitative estimate of drug-likeness (QED) is 0.817. The van der Waals surface area contributed by atoms with Crippen molar-refractivity contribution in [3.8, 4) is 11.5 Å². The monoisotopic (exact) mass is 309 g/mol. The lowest BCUT2D eigenvalue weighted by molar-refractivity contribution is -0.125. The lowest BCUT2D eigenvalue weighted by Crippen LogP contribution is -2.57. The first-order valence-electron chi connectivity index (χ1n) is 7.26. The summed E-state index contributed by atoms with van der Waals surface area (Å²) in [6.07, 6.45) is -2.01. The first kappa shape index (κ1) is 15.1. The average Bonchev–Trinajstić information content (AvgIpc) is 2.99. The fourth-order valence-electron chi connectivity index (χ4n) is 2.76. The van der Waals surface area contributed by atoms with Crippen molar-refractivity contribution in [1.29, 1.82) is 0 Å². The summed E-state index contributed by atoms with van der Waals surface area (Å²) in [6, 6.07) is 4.39. The summed E-state index contributed by atoms with van der Waals surface area (Å²) >= 11 is 0. The Hall–Kier alpha value is -1.83. The third kappa shape index (κ3) is 2.63. The van der Waals surface area contributed by atoms with E-state index in [4.69, 9.17) is 14.2 Å². The highest BCUT2D eigenvalue weighted by atomic mass is 16.7. The van der Waals surface area contributed by atoms with Gasteiger partial charge in [-0.15, -0.1) is 0 Å². The Balaban J connectivity index is 1.82. The molecule has 7 heteroatoms. The number of aliphatic hydroxyl groups excluding tert-OH is 2. The summed E-state index contributed by atoms with van der Waals surface area (Å²) in [5, 5.41) is 19.8. The molecule has 2 aliphatic rings. The third-order valence-corrected chi connectivity index (χ3v) is 3.99. The van der Waals surface area contributed by atoms with Gasteiger partial charge in [0.25, 0.3) is 5.91 Å². The molecule has 0 spiro atoms. The maximum absolute atomic E-state index is 12.7. The minimum absolute atomic E-state index is 0.0768. The summed E-state index contributed by atoms with van der Waals surface area (Å²) in [4.78, 5) is 14.2. The summed E-state index contributed by atoms with van der Waals surface area (Å²) in [6.45, 7) is 2.63. The molecule has 7 nitrogen and oxygen atoms in total. The molecular formula is C15H19NO6. The van der Waals surface area contributed by atoms with E-state index in [0.717, 1.165) is 0 Å². The van der Waals surface area contributed by atoms with Crippen LogP contribution in [0.4, 0.5) is 0 Å². The van der Waals surface area contributed by atoms with Gasteiger partial charge in [0, 0.05) is 12.1 Å². The minimum Gasteiger partial charge on any atom is -0.454 e. The Labute approximate surface area is 128 Å². The second-order valence-corrected chi connectivity index (χ2v) is 5.32. The summed E-state index contributed by atoms with van der Waals surface area (Å²) in [7, 11) is 0. The van der Waals surface area contributed by atoms with Gasteiger partial charge >= 0.3 is 0 Å². The van der Waals surface area contributed by atoms with Crippen LogP contribution in [0.1, 0.15) is 17.3 Å². The number of hydrogen-bond acceptors (Lipinski definition) is 6. The van der Waals surface area contributed by atoms with Crippen LogP contribution in [0.15, 0.2) is 18.2 Å². The first-order chi connectivity index (χ1) is 10.6. The number of likely N-dealkylation sites (N-methyl/N-ethyl adjacent to an activating group) is 1. The van der Waals surface area contributed by atoms with Crippen LogP contribution in [0, 0.1) is 0 Å². The standard InChI is InChI=1S/C15H19NO6/c1-2-16(10-6-20-7-11(17)14(10)18)15(19)9-3-4-12-13(5-9)22-8-21-12/h3-5,10-11,14,17-18H,2,6-8H2,1H3/t10-,11-,14+/m1/s1. The molecule has 22 heavy (non-hydrogen) atoms. The van der Waals surface area contributed by atoms with Gasteiger partial charge in [0.05, 0.1) is 19.3 Å². The van der Waals surface area contributed by atoms with Gasteiger partial charge in [-0.1, -0.05) is 0 Å². The predicted octanol–water partition coefficient (Wildman–Crippen LogP) is -0.00200. The molecule has 0 unspecified atom stereocenters. The molecule has 1 aromatic carbocycles. The van der Waals surface area contributed by atoms with Crippen LogP contribution in [0.25, 0.3) is 0 Å². The van der Waals surface area contributed by atoms with Crippen LogP contribution < -0.4 is 9.47 Å². The Morgan fingerprint density at radius 1 is 1.27 bits per heavy atom. The highest BCUT2D eigenvalue weighted by molar-refractivity contribution is 5.95. The number of carbonyl (C=O) groups excluding carboxylic acids is 1. The van der Waals surface area contributed by atoms with Gasteiger partial charge in [0.2, 0.25) is 6.79 Å². The molecule has 2 aliphatic heterocycles. The fraction of sp³-hybridized carbons (Fsp3) is 0.533. The average molecular weight is 309 g/mol. The summed E-state index contributed by atoms with van der Waals surface area (Å²) in [5.74, 6) is 0.890. The smallest absolute Gasteiger partial charge is 0.254 e. The SMILES string of the molecule is CCN(C(=O)c1ccc2c(c1)OCO2)[C@@H]1COC[C@@H](O)[C@H]1O. The third-order valence-electron chi connectivity index (χ3n) is 3.99. The second kappa shape index (κ2) is 6.12. The van der Waals surface area contributed by atoms with E-state index >= 15 is 0 Å². The normalized spacial score (nSPS) is 26.8. The maximum Gasteiger partial charge on any atom is 0.254 e. The molecule has 2 N–H and O–H groups in total. The van der Waals surface area contributed by atoms with Crippen LogP contribution >= 0.6 is 0 Å². The Bertz CT molecular complexity index is 563. The van der Waals surface area contributed by atoms with Gasteiger partial charge in [-0.05, 0) is 25.1 Å². The van der Waals surface area contributed by atoms with E-state index in [1.165, 1.54) is 4.90 Å². The maximum atomic E-state index is 12.7. The van der Waals surface area contributed by atoms with E-state index < -0.39 is 18.2 Å². The molecule has 120 valence electrons. The zero-order valence-corrected chi connectivity index (χ0v) is 12.3. The van der Waals surface area contributed by atoms with Crippen molar-refractivity contribution < 1.29 is 29.2 Å². The predicted molar refractivity (Wildman–Crippen MR) is 75.9 cm³/mol. The Kier molecular flexibility index (Phi) is 4.19. The number of nitrogens with zero attached hydrogens (tertiary/aromatic N) is 1. The van der Waals surface area contributed by atoms with Gasteiger partial charge in [0.1, 0.15) is 12.2 Å². The number of aliphatic hydroxyl groups is 2. The van der Waals surface area contributed by atoms with Crippen molar-refractivity contribution in [1.82, 2.24) is 4.90 Å². The highest BCUT2D eigenvalue weighted by Crippen LogP contribution is 2.33. The molecule has 2 heterocycles. The lowest BCUT2D eigenvalue weighted by Gasteiger charge is -2.39. The Morgan fingerprint density at radius 3 is 2.82 bits per heavy atom. The molecule has 3 rings (SSSR count). The van der Waals surface area contributed by atoms with E-state index in [1.807, 2.05) is 6.92 Å². The van der Waals surface area contributed by atoms with Gasteiger partial charge in [-0.2, -0.15) is 0 Å². The molecule has 0 aromatic heterocycles. The van der Waals surface area contributed by atoms with Gasteiger partial charge in [-0.3, -0.25) is 4.79 Å². The van der Waals surface area contributed by atoms with E-state index in [1.54, 1.807) is 18.2 Å². The van der Waals surface area contributed by atoms with Crippen molar-refractivity contribution in [3.05, 3.63) is 23.8 Å². The molecular weight excluding hydrogens is 290 g/mol. The van der Waals surface area contributed by atoms with Crippen LogP contribution in [-0.2, 0) is 4.74 Å². The molecule has 0 saturated carbocycles. The number of benzene rings is 1. The van der Waals surface area contributed by atoms with Crippen molar-refractivity contribution in [2.45, 2.75) is 25.2 Å². The van der Waals surface area contributed by atoms with Crippen LogP contribution in [0.2, 0.25) is 0 Å². The minimum atomic E-state index is -1.02. The van der Waals surface area contributed by atoms with Crippen LogP contribution in [0.3, 0.4) is 0 Å². The van der Waals surface area contributed by atoms with E-state index in [0.29, 0.717) is 23.6 Å². The summed E-state index contributed by atoms with van der Waals surface area (Å²) < 4.78 is 15.8. The Morgan fingerprint density at radius 2 is 2.05 bits per heavy atom. The zero-order valence-electron chi connectivity index (χ0n) is 12.3. The summed E-state index contributed by atoms with van der Waals surface area (Å²) in [5.41, 5.74) is 0.443. The van der Waals surface area contributed by atoms with E-state index in [2.05, 4.69) is 0 Å². The van der Waals surface area contributed by atoms with Crippen molar-refractivity contribution in [2.75, 3.05) is 26.6 Å². The number of fused-ring (bicyclic) bond motifs is 1. The van der Waals surface area contributed by atoms with Crippen molar-refractivity contribution in [3.63, 3.8) is 0 Å².